The monoisotopic (exact) mass is 455 g/mol. The molecule has 7 heteroatoms. The van der Waals surface area contributed by atoms with Gasteiger partial charge in [-0.25, -0.2) is 0 Å². The van der Waals surface area contributed by atoms with E-state index in [9.17, 15) is 13.2 Å². The summed E-state index contributed by atoms with van der Waals surface area (Å²) < 4.78 is 34.5. The Labute approximate surface area is 189 Å². The third-order valence-corrected chi connectivity index (χ3v) is 6.21. The average Bonchev–Trinajstić information content (AvgIpc) is 2.77. The molecule has 0 aliphatic rings. The van der Waals surface area contributed by atoms with Crippen molar-refractivity contribution in [3.05, 3.63) is 71.8 Å². The standard InChI is InChI=1S/C25H29NO5S/c1-5-32(28,29)31-24-15-19(13-14-23(24)30-4)17-26(16-18(2)3)25(27)22-12-8-10-20-9-6-7-11-21(20)22/h6-15,18H,5,16-17H2,1-4H3. The largest absolute Gasteiger partial charge is 0.493 e. The molecule has 32 heavy (non-hydrogen) atoms. The van der Waals surface area contributed by atoms with Crippen molar-refractivity contribution in [2.75, 3.05) is 19.4 Å². The summed E-state index contributed by atoms with van der Waals surface area (Å²) in [6, 6.07) is 18.6. The molecule has 0 bridgehead atoms. The van der Waals surface area contributed by atoms with Crippen molar-refractivity contribution in [2.45, 2.75) is 27.3 Å². The van der Waals surface area contributed by atoms with E-state index in [1.165, 1.54) is 14.0 Å². The lowest BCUT2D eigenvalue weighted by Gasteiger charge is -2.26. The van der Waals surface area contributed by atoms with Gasteiger partial charge in [-0.05, 0) is 47.4 Å². The molecular weight excluding hydrogens is 426 g/mol. The molecule has 0 saturated heterocycles. The zero-order valence-electron chi connectivity index (χ0n) is 18.9. The van der Waals surface area contributed by atoms with Gasteiger partial charge in [-0.15, -0.1) is 0 Å². The third-order valence-electron chi connectivity index (χ3n) is 5.06. The smallest absolute Gasteiger partial charge is 0.309 e. The molecule has 0 N–H and O–H groups in total. The lowest BCUT2D eigenvalue weighted by molar-refractivity contribution is 0.0724. The first-order valence-electron chi connectivity index (χ1n) is 10.6. The molecule has 0 spiro atoms. The summed E-state index contributed by atoms with van der Waals surface area (Å²) in [4.78, 5) is 15.3. The topological polar surface area (TPSA) is 72.9 Å². The van der Waals surface area contributed by atoms with Gasteiger partial charge >= 0.3 is 10.1 Å². The minimum absolute atomic E-state index is 0.0741. The summed E-state index contributed by atoms with van der Waals surface area (Å²) in [7, 11) is -2.26. The van der Waals surface area contributed by atoms with Crippen molar-refractivity contribution >= 4 is 26.8 Å². The van der Waals surface area contributed by atoms with Crippen LogP contribution in [0.15, 0.2) is 60.7 Å². The normalized spacial score (nSPS) is 11.5. The van der Waals surface area contributed by atoms with E-state index in [2.05, 4.69) is 13.8 Å². The van der Waals surface area contributed by atoms with Gasteiger partial charge in [0.2, 0.25) is 0 Å². The predicted molar refractivity (Wildman–Crippen MR) is 127 cm³/mol. The van der Waals surface area contributed by atoms with Crippen LogP contribution >= 0.6 is 0 Å². The second-order valence-electron chi connectivity index (χ2n) is 8.02. The van der Waals surface area contributed by atoms with Crippen LogP contribution in [0.5, 0.6) is 11.5 Å². The number of ether oxygens (including phenoxy) is 1. The lowest BCUT2D eigenvalue weighted by Crippen LogP contribution is -2.34. The van der Waals surface area contributed by atoms with Crippen LogP contribution in [0.3, 0.4) is 0 Å². The first kappa shape index (κ1) is 23.6. The van der Waals surface area contributed by atoms with Crippen LogP contribution in [-0.4, -0.2) is 38.6 Å². The highest BCUT2D eigenvalue weighted by Gasteiger charge is 2.21. The Morgan fingerprint density at radius 2 is 1.72 bits per heavy atom. The van der Waals surface area contributed by atoms with Gasteiger partial charge in [0.25, 0.3) is 5.91 Å². The van der Waals surface area contributed by atoms with Gasteiger partial charge in [-0.3, -0.25) is 4.79 Å². The molecule has 0 aliphatic carbocycles. The molecular formula is C25H29NO5S. The summed E-state index contributed by atoms with van der Waals surface area (Å²) in [5.41, 5.74) is 1.39. The molecule has 0 atom stereocenters. The first-order valence-corrected chi connectivity index (χ1v) is 12.2. The van der Waals surface area contributed by atoms with E-state index >= 15 is 0 Å². The van der Waals surface area contributed by atoms with Crippen LogP contribution in [-0.2, 0) is 16.7 Å². The van der Waals surface area contributed by atoms with Crippen LogP contribution < -0.4 is 8.92 Å². The second kappa shape index (κ2) is 10.0. The predicted octanol–water partition coefficient (Wildman–Crippen LogP) is 4.88. The van der Waals surface area contributed by atoms with E-state index in [1.54, 1.807) is 17.0 Å². The van der Waals surface area contributed by atoms with E-state index in [0.29, 0.717) is 24.4 Å². The molecule has 0 fully saturated rings. The molecule has 3 rings (SSSR count). The Bertz CT molecular complexity index is 1200. The maximum absolute atomic E-state index is 13.6. The Balaban J connectivity index is 1.96. The average molecular weight is 456 g/mol. The van der Waals surface area contributed by atoms with Crippen LogP contribution in [0.4, 0.5) is 0 Å². The van der Waals surface area contributed by atoms with E-state index in [1.807, 2.05) is 48.5 Å². The number of carbonyl (C=O) groups is 1. The first-order chi connectivity index (χ1) is 15.2. The number of benzene rings is 3. The van der Waals surface area contributed by atoms with Crippen molar-refractivity contribution in [3.8, 4) is 11.5 Å². The Morgan fingerprint density at radius 3 is 2.41 bits per heavy atom. The van der Waals surface area contributed by atoms with Gasteiger partial charge in [0.1, 0.15) is 0 Å². The molecule has 0 aliphatic heterocycles. The van der Waals surface area contributed by atoms with Gasteiger partial charge in [-0.2, -0.15) is 8.42 Å². The Kier molecular flexibility index (Phi) is 7.40. The zero-order valence-corrected chi connectivity index (χ0v) is 19.7. The van der Waals surface area contributed by atoms with Gasteiger partial charge in [0.15, 0.2) is 11.5 Å². The van der Waals surface area contributed by atoms with Crippen LogP contribution in [0, 0.1) is 5.92 Å². The highest BCUT2D eigenvalue weighted by Crippen LogP contribution is 2.30. The van der Waals surface area contributed by atoms with Crippen LogP contribution in [0.25, 0.3) is 10.8 Å². The van der Waals surface area contributed by atoms with E-state index < -0.39 is 10.1 Å². The molecule has 0 heterocycles. The van der Waals surface area contributed by atoms with E-state index in [4.69, 9.17) is 8.92 Å². The summed E-state index contributed by atoms with van der Waals surface area (Å²) in [6.07, 6.45) is 0. The maximum atomic E-state index is 13.6. The Hall–Kier alpha value is -3.06. The number of nitrogens with zero attached hydrogens (tertiary/aromatic N) is 1. The quantitative estimate of drug-likeness (QED) is 0.430. The fourth-order valence-electron chi connectivity index (χ4n) is 3.54. The number of hydrogen-bond donors (Lipinski definition) is 0. The minimum atomic E-state index is -3.71. The van der Waals surface area contributed by atoms with Crippen molar-refractivity contribution in [1.29, 1.82) is 0 Å². The van der Waals surface area contributed by atoms with E-state index in [0.717, 1.165) is 16.3 Å². The molecule has 0 unspecified atom stereocenters. The summed E-state index contributed by atoms with van der Waals surface area (Å²) in [6.45, 7) is 6.49. The fourth-order valence-corrected chi connectivity index (χ4v) is 4.06. The molecule has 3 aromatic rings. The second-order valence-corrected chi connectivity index (χ2v) is 9.88. The zero-order chi connectivity index (χ0) is 23.3. The van der Waals surface area contributed by atoms with Gasteiger partial charge < -0.3 is 13.8 Å². The van der Waals surface area contributed by atoms with Crippen molar-refractivity contribution in [3.63, 3.8) is 0 Å². The number of hydrogen-bond acceptors (Lipinski definition) is 5. The molecule has 0 saturated carbocycles. The van der Waals surface area contributed by atoms with Crippen molar-refractivity contribution < 1.29 is 22.1 Å². The molecule has 0 radical (unpaired) electrons. The van der Waals surface area contributed by atoms with Gasteiger partial charge in [0.05, 0.1) is 12.9 Å². The van der Waals surface area contributed by atoms with Crippen LogP contribution in [0.2, 0.25) is 0 Å². The summed E-state index contributed by atoms with van der Waals surface area (Å²) in [5, 5.41) is 1.91. The molecule has 6 nitrogen and oxygen atoms in total. The lowest BCUT2D eigenvalue weighted by atomic mass is 10.0. The number of rotatable bonds is 9. The third kappa shape index (κ3) is 5.59. The number of methoxy groups -OCH3 is 1. The summed E-state index contributed by atoms with van der Waals surface area (Å²) in [5.74, 6) is 0.466. The number of fused-ring (bicyclic) bond motifs is 1. The number of carbonyl (C=O) groups excluding carboxylic acids is 1. The Morgan fingerprint density at radius 1 is 1.00 bits per heavy atom. The molecule has 170 valence electrons. The summed E-state index contributed by atoms with van der Waals surface area (Å²) >= 11 is 0. The van der Waals surface area contributed by atoms with Crippen LogP contribution in [0.1, 0.15) is 36.7 Å². The molecule has 0 aromatic heterocycles. The highest BCUT2D eigenvalue weighted by molar-refractivity contribution is 7.87. The SMILES string of the molecule is CCS(=O)(=O)Oc1cc(CN(CC(C)C)C(=O)c2cccc3ccccc23)ccc1OC. The van der Waals surface area contributed by atoms with Gasteiger partial charge in [-0.1, -0.05) is 56.3 Å². The fraction of sp³-hybridized carbons (Fsp3) is 0.320. The van der Waals surface area contributed by atoms with Gasteiger partial charge in [0, 0.05) is 18.7 Å². The number of amides is 1. The molecule has 3 aromatic carbocycles. The van der Waals surface area contributed by atoms with Crippen molar-refractivity contribution in [2.24, 2.45) is 5.92 Å². The molecule has 1 amide bonds. The minimum Gasteiger partial charge on any atom is -0.493 e. The van der Waals surface area contributed by atoms with E-state index in [-0.39, 0.29) is 23.3 Å². The highest BCUT2D eigenvalue weighted by atomic mass is 32.2. The van der Waals surface area contributed by atoms with Crippen molar-refractivity contribution in [1.82, 2.24) is 4.90 Å². The maximum Gasteiger partial charge on any atom is 0.309 e.